The van der Waals surface area contributed by atoms with E-state index in [1.54, 1.807) is 0 Å². The van der Waals surface area contributed by atoms with Gasteiger partial charge in [0.15, 0.2) is 5.96 Å². The summed E-state index contributed by atoms with van der Waals surface area (Å²) >= 11 is 0. The van der Waals surface area contributed by atoms with E-state index in [4.69, 9.17) is 5.73 Å². The molecule has 0 bridgehead atoms. The van der Waals surface area contributed by atoms with E-state index < -0.39 is 0 Å². The maximum atomic E-state index is 9.52. The van der Waals surface area contributed by atoms with Crippen LogP contribution in [0.2, 0.25) is 0 Å². The van der Waals surface area contributed by atoms with E-state index in [0.29, 0.717) is 12.5 Å². The number of aliphatic imine (C=N–C) groups is 1. The highest BCUT2D eigenvalue weighted by molar-refractivity contribution is 5.78. The van der Waals surface area contributed by atoms with Gasteiger partial charge in [-0.15, -0.1) is 0 Å². The maximum Gasteiger partial charge on any atom is 0.191 e. The Morgan fingerprint density at radius 3 is 2.17 bits per heavy atom. The first-order chi connectivity index (χ1) is 8.67. The van der Waals surface area contributed by atoms with Crippen molar-refractivity contribution in [2.75, 3.05) is 26.2 Å². The fraction of sp³-hybridized carbons (Fsp3) is 0.929. The Morgan fingerprint density at radius 2 is 1.72 bits per heavy atom. The number of hydrogen-bond donors (Lipinski definition) is 2. The van der Waals surface area contributed by atoms with Gasteiger partial charge < -0.3 is 15.7 Å². The van der Waals surface area contributed by atoms with Crippen LogP contribution >= 0.6 is 0 Å². The lowest BCUT2D eigenvalue weighted by Gasteiger charge is -2.28. The van der Waals surface area contributed by atoms with E-state index in [0.717, 1.165) is 25.9 Å². The van der Waals surface area contributed by atoms with E-state index in [-0.39, 0.29) is 12.0 Å². The molecule has 1 rings (SSSR count). The highest BCUT2D eigenvalue weighted by atomic mass is 16.3. The maximum absolute atomic E-state index is 9.52. The van der Waals surface area contributed by atoms with Gasteiger partial charge in [-0.1, -0.05) is 26.7 Å². The van der Waals surface area contributed by atoms with Gasteiger partial charge in [-0.25, -0.2) is 0 Å². The fourth-order valence-corrected chi connectivity index (χ4v) is 2.40. The monoisotopic (exact) mass is 255 g/mol. The molecule has 18 heavy (non-hydrogen) atoms. The Balaban J connectivity index is 2.58. The number of nitrogens with zero attached hydrogens (tertiary/aromatic N) is 2. The average molecular weight is 255 g/mol. The van der Waals surface area contributed by atoms with E-state index >= 15 is 0 Å². The van der Waals surface area contributed by atoms with Crippen LogP contribution in [0.15, 0.2) is 4.99 Å². The van der Waals surface area contributed by atoms with Crippen LogP contribution in [0.5, 0.6) is 0 Å². The summed E-state index contributed by atoms with van der Waals surface area (Å²) in [5.41, 5.74) is 6.00. The molecule has 3 N–H and O–H groups in total. The normalized spacial score (nSPS) is 18.8. The van der Waals surface area contributed by atoms with Gasteiger partial charge in [-0.3, -0.25) is 4.99 Å². The molecule has 1 aliphatic rings. The van der Waals surface area contributed by atoms with Crippen LogP contribution in [-0.2, 0) is 0 Å². The fourth-order valence-electron chi connectivity index (χ4n) is 2.40. The van der Waals surface area contributed by atoms with E-state index in [2.05, 4.69) is 23.7 Å². The Morgan fingerprint density at radius 1 is 1.17 bits per heavy atom. The van der Waals surface area contributed by atoms with E-state index in [1.807, 2.05) is 0 Å². The number of guanidine groups is 1. The summed E-state index contributed by atoms with van der Waals surface area (Å²) in [6.45, 7) is 7.10. The zero-order valence-electron chi connectivity index (χ0n) is 12.0. The molecule has 0 aliphatic carbocycles. The standard InChI is InChI=1S/C14H29N3O/c1-3-14(4-2,12-18)11-16-13(15)17-9-7-5-6-8-10-17/h18H,3-12H2,1-2H3,(H2,15,16). The third kappa shape index (κ3) is 4.16. The molecule has 0 atom stereocenters. The zero-order chi connectivity index (χ0) is 13.4. The molecule has 1 fully saturated rings. The lowest BCUT2D eigenvalue weighted by molar-refractivity contribution is 0.123. The summed E-state index contributed by atoms with van der Waals surface area (Å²) in [5.74, 6) is 0.664. The number of aliphatic hydroxyl groups excluding tert-OH is 1. The van der Waals surface area contributed by atoms with Crippen molar-refractivity contribution in [3.63, 3.8) is 0 Å². The third-order valence-electron chi connectivity index (χ3n) is 4.34. The number of rotatable bonds is 5. The molecule has 0 aromatic rings. The van der Waals surface area contributed by atoms with Crippen molar-refractivity contribution < 1.29 is 5.11 Å². The van der Waals surface area contributed by atoms with Crippen molar-refractivity contribution in [2.24, 2.45) is 16.1 Å². The molecule has 0 amide bonds. The number of nitrogens with two attached hydrogens (primary N) is 1. The molecule has 1 heterocycles. The van der Waals surface area contributed by atoms with Crippen molar-refractivity contribution in [1.29, 1.82) is 0 Å². The van der Waals surface area contributed by atoms with Crippen LogP contribution in [0.3, 0.4) is 0 Å². The van der Waals surface area contributed by atoms with Gasteiger partial charge in [-0.05, 0) is 25.7 Å². The molecule has 1 aliphatic heterocycles. The number of hydrogen-bond acceptors (Lipinski definition) is 2. The molecule has 0 aromatic heterocycles. The largest absolute Gasteiger partial charge is 0.396 e. The van der Waals surface area contributed by atoms with Crippen LogP contribution in [0.1, 0.15) is 52.4 Å². The lowest BCUT2D eigenvalue weighted by atomic mass is 9.83. The molecule has 0 unspecified atom stereocenters. The highest BCUT2D eigenvalue weighted by Crippen LogP contribution is 2.25. The molecule has 106 valence electrons. The Hall–Kier alpha value is -0.770. The quantitative estimate of drug-likeness (QED) is 0.583. The van der Waals surface area contributed by atoms with Gasteiger partial charge in [-0.2, -0.15) is 0 Å². The average Bonchev–Trinajstić information content (AvgIpc) is 2.69. The first kappa shape index (κ1) is 15.3. The van der Waals surface area contributed by atoms with Crippen LogP contribution in [-0.4, -0.2) is 42.2 Å². The molecule has 4 nitrogen and oxygen atoms in total. The predicted octanol–water partition coefficient (Wildman–Crippen LogP) is 1.98. The summed E-state index contributed by atoms with van der Waals surface area (Å²) in [6, 6.07) is 0. The van der Waals surface area contributed by atoms with Gasteiger partial charge in [0.2, 0.25) is 0 Å². The molecule has 0 radical (unpaired) electrons. The van der Waals surface area contributed by atoms with Gasteiger partial charge in [0.05, 0.1) is 13.2 Å². The van der Waals surface area contributed by atoms with Crippen molar-refractivity contribution in [1.82, 2.24) is 4.90 Å². The first-order valence-corrected chi connectivity index (χ1v) is 7.33. The van der Waals surface area contributed by atoms with Gasteiger partial charge in [0.1, 0.15) is 0 Å². The van der Waals surface area contributed by atoms with Crippen LogP contribution in [0.25, 0.3) is 0 Å². The van der Waals surface area contributed by atoms with E-state index in [1.165, 1.54) is 25.7 Å². The summed E-state index contributed by atoms with van der Waals surface area (Å²) in [5, 5.41) is 9.52. The molecular weight excluding hydrogens is 226 g/mol. The van der Waals surface area contributed by atoms with Gasteiger partial charge in [0.25, 0.3) is 0 Å². The Bertz CT molecular complexity index is 246. The predicted molar refractivity (Wildman–Crippen MR) is 76.6 cm³/mol. The minimum Gasteiger partial charge on any atom is -0.396 e. The molecule has 0 spiro atoms. The molecule has 0 aromatic carbocycles. The minimum absolute atomic E-state index is 0.0868. The first-order valence-electron chi connectivity index (χ1n) is 7.33. The van der Waals surface area contributed by atoms with Crippen molar-refractivity contribution >= 4 is 5.96 Å². The lowest BCUT2D eigenvalue weighted by Crippen LogP contribution is -2.39. The van der Waals surface area contributed by atoms with Crippen molar-refractivity contribution in [3.05, 3.63) is 0 Å². The minimum atomic E-state index is -0.0868. The van der Waals surface area contributed by atoms with Crippen molar-refractivity contribution in [3.8, 4) is 0 Å². The Kier molecular flexibility index (Phi) is 6.47. The second kappa shape index (κ2) is 7.62. The number of likely N-dealkylation sites (tertiary alicyclic amines) is 1. The highest BCUT2D eigenvalue weighted by Gasteiger charge is 2.25. The van der Waals surface area contributed by atoms with Crippen LogP contribution in [0.4, 0.5) is 0 Å². The summed E-state index contributed by atoms with van der Waals surface area (Å²) in [7, 11) is 0. The molecule has 0 saturated carbocycles. The Labute approximate surface area is 111 Å². The van der Waals surface area contributed by atoms with Crippen LogP contribution in [0, 0.1) is 5.41 Å². The van der Waals surface area contributed by atoms with Gasteiger partial charge >= 0.3 is 0 Å². The molecule has 1 saturated heterocycles. The second-order valence-corrected chi connectivity index (χ2v) is 5.44. The molecular formula is C14H29N3O. The second-order valence-electron chi connectivity index (χ2n) is 5.44. The summed E-state index contributed by atoms with van der Waals surface area (Å²) < 4.78 is 0. The van der Waals surface area contributed by atoms with E-state index in [9.17, 15) is 5.11 Å². The van der Waals surface area contributed by atoms with Gasteiger partial charge in [0, 0.05) is 18.5 Å². The smallest absolute Gasteiger partial charge is 0.191 e. The third-order valence-corrected chi connectivity index (χ3v) is 4.34. The SMILES string of the molecule is CCC(CC)(CO)CN=C(N)N1CCCCCC1. The molecule has 4 heteroatoms. The number of aliphatic hydroxyl groups is 1. The van der Waals surface area contributed by atoms with Crippen LogP contribution < -0.4 is 5.73 Å². The topological polar surface area (TPSA) is 61.9 Å². The van der Waals surface area contributed by atoms with Crippen molar-refractivity contribution in [2.45, 2.75) is 52.4 Å². The summed E-state index contributed by atoms with van der Waals surface area (Å²) in [4.78, 5) is 6.73. The summed E-state index contributed by atoms with van der Waals surface area (Å²) in [6.07, 6.45) is 6.90. The zero-order valence-corrected chi connectivity index (χ0v) is 12.0.